The number of amides is 1. The summed E-state index contributed by atoms with van der Waals surface area (Å²) >= 11 is 0. The molecular formula is C14H27N3O2. The first-order valence-electron chi connectivity index (χ1n) is 7.60. The van der Waals surface area contributed by atoms with E-state index < -0.39 is 0 Å². The van der Waals surface area contributed by atoms with Crippen LogP contribution in [-0.2, 0) is 9.53 Å². The van der Waals surface area contributed by atoms with E-state index in [1.807, 2.05) is 4.90 Å². The standard InChI is InChI=1S/C14H27N3O2/c15-5-2-1-3-6-16-7-9-17(10-8-16)14(18)13-4-11-19-12-13/h13H,1-12,15H2. The van der Waals surface area contributed by atoms with Crippen LogP contribution in [0.5, 0.6) is 0 Å². The lowest BCUT2D eigenvalue weighted by atomic mass is 10.1. The molecule has 110 valence electrons. The van der Waals surface area contributed by atoms with Crippen LogP contribution in [-0.4, -0.2) is 68.2 Å². The van der Waals surface area contributed by atoms with Crippen molar-refractivity contribution in [1.82, 2.24) is 9.80 Å². The molecule has 2 rings (SSSR count). The van der Waals surface area contributed by atoms with Gasteiger partial charge in [-0.05, 0) is 32.4 Å². The molecule has 0 bridgehead atoms. The lowest BCUT2D eigenvalue weighted by molar-refractivity contribution is -0.137. The van der Waals surface area contributed by atoms with E-state index in [1.54, 1.807) is 0 Å². The molecular weight excluding hydrogens is 242 g/mol. The first kappa shape index (κ1) is 14.8. The molecule has 2 heterocycles. The number of unbranched alkanes of at least 4 members (excludes halogenated alkanes) is 2. The topological polar surface area (TPSA) is 58.8 Å². The average Bonchev–Trinajstić information content (AvgIpc) is 2.98. The molecule has 0 aromatic rings. The van der Waals surface area contributed by atoms with Crippen LogP contribution in [0.1, 0.15) is 25.7 Å². The summed E-state index contributed by atoms with van der Waals surface area (Å²) in [5.74, 6) is 0.427. The van der Waals surface area contributed by atoms with E-state index in [2.05, 4.69) is 4.90 Å². The lowest BCUT2D eigenvalue weighted by Crippen LogP contribution is -2.50. The van der Waals surface area contributed by atoms with Crippen LogP contribution < -0.4 is 5.73 Å². The van der Waals surface area contributed by atoms with Crippen LogP contribution >= 0.6 is 0 Å². The van der Waals surface area contributed by atoms with E-state index in [1.165, 1.54) is 12.8 Å². The van der Waals surface area contributed by atoms with Crippen LogP contribution in [0.25, 0.3) is 0 Å². The summed E-state index contributed by atoms with van der Waals surface area (Å²) in [7, 11) is 0. The van der Waals surface area contributed by atoms with Gasteiger partial charge in [-0.2, -0.15) is 0 Å². The van der Waals surface area contributed by atoms with Gasteiger partial charge in [-0.1, -0.05) is 6.42 Å². The lowest BCUT2D eigenvalue weighted by Gasteiger charge is -2.35. The van der Waals surface area contributed by atoms with E-state index in [0.29, 0.717) is 12.5 Å². The highest BCUT2D eigenvalue weighted by molar-refractivity contribution is 5.79. The number of ether oxygens (including phenoxy) is 1. The second-order valence-electron chi connectivity index (χ2n) is 5.58. The largest absolute Gasteiger partial charge is 0.381 e. The highest BCUT2D eigenvalue weighted by atomic mass is 16.5. The zero-order valence-corrected chi connectivity index (χ0v) is 11.9. The van der Waals surface area contributed by atoms with Gasteiger partial charge in [-0.3, -0.25) is 9.69 Å². The highest BCUT2D eigenvalue weighted by Crippen LogP contribution is 2.16. The Balaban J connectivity index is 1.63. The normalized spacial score (nSPS) is 24.9. The Morgan fingerprint density at radius 1 is 1.16 bits per heavy atom. The predicted octanol–water partition coefficient (Wildman–Crippen LogP) is 0.296. The Hall–Kier alpha value is -0.650. The molecule has 2 fully saturated rings. The van der Waals surface area contributed by atoms with E-state index in [4.69, 9.17) is 10.5 Å². The molecule has 5 nitrogen and oxygen atoms in total. The SMILES string of the molecule is NCCCCCN1CCN(C(=O)C2CCOC2)CC1. The van der Waals surface area contributed by atoms with Crippen molar-refractivity contribution in [2.24, 2.45) is 11.7 Å². The molecule has 0 radical (unpaired) electrons. The van der Waals surface area contributed by atoms with Crippen LogP contribution in [0.4, 0.5) is 0 Å². The summed E-state index contributed by atoms with van der Waals surface area (Å²) in [6, 6.07) is 0. The third-order valence-electron chi connectivity index (χ3n) is 4.14. The minimum absolute atomic E-state index is 0.121. The van der Waals surface area contributed by atoms with Crippen molar-refractivity contribution < 1.29 is 9.53 Å². The quantitative estimate of drug-likeness (QED) is 0.705. The first-order valence-corrected chi connectivity index (χ1v) is 7.60. The molecule has 1 unspecified atom stereocenters. The van der Waals surface area contributed by atoms with Gasteiger partial charge >= 0.3 is 0 Å². The third kappa shape index (κ3) is 4.44. The summed E-state index contributed by atoms with van der Waals surface area (Å²) in [4.78, 5) is 16.7. The fourth-order valence-corrected chi connectivity index (χ4v) is 2.84. The molecule has 1 atom stereocenters. The summed E-state index contributed by atoms with van der Waals surface area (Å²) < 4.78 is 5.30. The van der Waals surface area contributed by atoms with E-state index in [0.717, 1.165) is 58.7 Å². The van der Waals surface area contributed by atoms with E-state index in [9.17, 15) is 4.79 Å². The minimum atomic E-state index is 0.121. The Kier molecular flexibility index (Phi) is 6.07. The molecule has 0 spiro atoms. The van der Waals surface area contributed by atoms with Gasteiger partial charge in [0.1, 0.15) is 0 Å². The summed E-state index contributed by atoms with van der Waals surface area (Å²) in [6.07, 6.45) is 4.47. The Morgan fingerprint density at radius 2 is 1.95 bits per heavy atom. The average molecular weight is 269 g/mol. The fourth-order valence-electron chi connectivity index (χ4n) is 2.84. The van der Waals surface area contributed by atoms with Gasteiger partial charge in [0.05, 0.1) is 12.5 Å². The van der Waals surface area contributed by atoms with Crippen LogP contribution in [0, 0.1) is 5.92 Å². The van der Waals surface area contributed by atoms with Crippen molar-refractivity contribution in [3.8, 4) is 0 Å². The first-order chi connectivity index (χ1) is 9.31. The summed E-state index contributed by atoms with van der Waals surface area (Å²) in [5.41, 5.74) is 5.49. The van der Waals surface area contributed by atoms with Crippen LogP contribution in [0.3, 0.4) is 0 Å². The molecule has 0 aromatic carbocycles. The van der Waals surface area contributed by atoms with Crippen molar-refractivity contribution in [3.05, 3.63) is 0 Å². The molecule has 2 saturated heterocycles. The molecule has 19 heavy (non-hydrogen) atoms. The van der Waals surface area contributed by atoms with Crippen LogP contribution in [0.15, 0.2) is 0 Å². The van der Waals surface area contributed by atoms with Crippen molar-refractivity contribution in [1.29, 1.82) is 0 Å². The molecule has 0 saturated carbocycles. The second kappa shape index (κ2) is 7.82. The maximum absolute atomic E-state index is 12.2. The smallest absolute Gasteiger partial charge is 0.228 e. The number of hydrogen-bond donors (Lipinski definition) is 1. The van der Waals surface area contributed by atoms with Gasteiger partial charge in [-0.15, -0.1) is 0 Å². The number of hydrogen-bond acceptors (Lipinski definition) is 4. The van der Waals surface area contributed by atoms with Crippen molar-refractivity contribution in [3.63, 3.8) is 0 Å². The van der Waals surface area contributed by atoms with Crippen molar-refractivity contribution >= 4 is 5.91 Å². The third-order valence-corrected chi connectivity index (χ3v) is 4.14. The van der Waals surface area contributed by atoms with Gasteiger partial charge < -0.3 is 15.4 Å². The molecule has 1 amide bonds. The van der Waals surface area contributed by atoms with Gasteiger partial charge in [0.2, 0.25) is 5.91 Å². The van der Waals surface area contributed by atoms with Gasteiger partial charge in [0.15, 0.2) is 0 Å². The summed E-state index contributed by atoms with van der Waals surface area (Å²) in [6.45, 7) is 7.11. The minimum Gasteiger partial charge on any atom is -0.381 e. The van der Waals surface area contributed by atoms with E-state index in [-0.39, 0.29) is 5.92 Å². The number of carbonyl (C=O) groups is 1. The Morgan fingerprint density at radius 3 is 2.58 bits per heavy atom. The Labute approximate surface area is 116 Å². The van der Waals surface area contributed by atoms with Crippen molar-refractivity contribution in [2.75, 3.05) is 52.5 Å². The van der Waals surface area contributed by atoms with Gasteiger partial charge in [0, 0.05) is 32.8 Å². The number of piperazine rings is 1. The van der Waals surface area contributed by atoms with Gasteiger partial charge in [-0.25, -0.2) is 0 Å². The monoisotopic (exact) mass is 269 g/mol. The molecule has 2 aliphatic heterocycles. The maximum atomic E-state index is 12.2. The number of nitrogens with zero attached hydrogens (tertiary/aromatic N) is 2. The Bertz CT molecular complexity index is 272. The van der Waals surface area contributed by atoms with Crippen LogP contribution in [0.2, 0.25) is 0 Å². The molecule has 0 aromatic heterocycles. The molecule has 2 aliphatic rings. The van der Waals surface area contributed by atoms with E-state index >= 15 is 0 Å². The number of rotatable bonds is 6. The van der Waals surface area contributed by atoms with Crippen molar-refractivity contribution in [2.45, 2.75) is 25.7 Å². The maximum Gasteiger partial charge on any atom is 0.228 e. The number of nitrogens with two attached hydrogens (primary N) is 1. The second-order valence-corrected chi connectivity index (χ2v) is 5.58. The predicted molar refractivity (Wildman–Crippen MR) is 74.9 cm³/mol. The number of carbonyl (C=O) groups excluding carboxylic acids is 1. The molecule has 2 N–H and O–H groups in total. The zero-order chi connectivity index (χ0) is 13.5. The summed E-state index contributed by atoms with van der Waals surface area (Å²) in [5, 5.41) is 0. The zero-order valence-electron chi connectivity index (χ0n) is 11.9. The van der Waals surface area contributed by atoms with Gasteiger partial charge in [0.25, 0.3) is 0 Å². The fraction of sp³-hybridized carbons (Fsp3) is 0.929. The molecule has 0 aliphatic carbocycles. The highest BCUT2D eigenvalue weighted by Gasteiger charge is 2.29. The molecule has 5 heteroatoms.